The molecule has 1 fully saturated rings. The molecule has 0 saturated carbocycles. The van der Waals surface area contributed by atoms with Gasteiger partial charge in [-0.2, -0.15) is 4.31 Å². The van der Waals surface area contributed by atoms with Gasteiger partial charge in [0.1, 0.15) is 6.61 Å². The van der Waals surface area contributed by atoms with E-state index in [1.54, 1.807) is 17.0 Å². The highest BCUT2D eigenvalue weighted by atomic mass is 32.2. The Balaban J connectivity index is 1.50. The first kappa shape index (κ1) is 23.1. The number of amides is 1. The van der Waals surface area contributed by atoms with Gasteiger partial charge in [-0.25, -0.2) is 13.2 Å². The second-order valence-corrected chi connectivity index (χ2v) is 10.2. The first-order valence-electron chi connectivity index (χ1n) is 11.0. The molecule has 33 heavy (non-hydrogen) atoms. The van der Waals surface area contributed by atoms with E-state index in [0.29, 0.717) is 36.3 Å². The molecule has 0 N–H and O–H groups in total. The van der Waals surface area contributed by atoms with Gasteiger partial charge in [0.25, 0.3) is 0 Å². The number of carbonyl (C=O) groups excluding carboxylic acids is 1. The predicted molar refractivity (Wildman–Crippen MR) is 130 cm³/mol. The van der Waals surface area contributed by atoms with Crippen LogP contribution in [0.25, 0.3) is 10.8 Å². The van der Waals surface area contributed by atoms with Crippen molar-refractivity contribution in [2.24, 2.45) is 0 Å². The van der Waals surface area contributed by atoms with Crippen LogP contribution in [0, 0.1) is 0 Å². The molecule has 0 bridgehead atoms. The molecule has 0 spiro atoms. The highest BCUT2D eigenvalue weighted by Gasteiger charge is 2.30. The quantitative estimate of drug-likeness (QED) is 0.569. The summed E-state index contributed by atoms with van der Waals surface area (Å²) in [7, 11) is 0.159. The molecular weight excluding hydrogens is 438 g/mol. The normalized spacial score (nSPS) is 15.3. The van der Waals surface area contributed by atoms with Crippen molar-refractivity contribution in [3.05, 3.63) is 72.3 Å². The molecule has 0 aliphatic carbocycles. The molecule has 0 radical (unpaired) electrons. The summed E-state index contributed by atoms with van der Waals surface area (Å²) < 4.78 is 34.1. The van der Waals surface area contributed by atoms with E-state index >= 15 is 0 Å². The van der Waals surface area contributed by atoms with Crippen molar-refractivity contribution in [3.8, 4) is 0 Å². The molecule has 1 heterocycles. The van der Waals surface area contributed by atoms with E-state index in [9.17, 15) is 13.2 Å². The van der Waals surface area contributed by atoms with Crippen LogP contribution in [0.4, 0.5) is 10.5 Å². The smallest absolute Gasteiger partial charge is 0.410 e. The van der Waals surface area contributed by atoms with Gasteiger partial charge in [0.15, 0.2) is 0 Å². The van der Waals surface area contributed by atoms with E-state index in [1.807, 2.05) is 73.6 Å². The molecular formula is C25H29N3O4S. The minimum atomic E-state index is -3.72. The van der Waals surface area contributed by atoms with Crippen molar-refractivity contribution in [2.45, 2.75) is 17.9 Å². The molecule has 4 rings (SSSR count). The van der Waals surface area contributed by atoms with E-state index in [4.69, 9.17) is 4.74 Å². The van der Waals surface area contributed by atoms with Gasteiger partial charge >= 0.3 is 6.09 Å². The number of fused-ring (bicyclic) bond motifs is 1. The number of sulfonamides is 1. The topological polar surface area (TPSA) is 70.2 Å². The van der Waals surface area contributed by atoms with Gasteiger partial charge in [-0.05, 0) is 24.1 Å². The third-order valence-corrected chi connectivity index (χ3v) is 7.83. The first-order chi connectivity index (χ1) is 15.9. The lowest BCUT2D eigenvalue weighted by Crippen LogP contribution is -2.37. The summed E-state index contributed by atoms with van der Waals surface area (Å²) in [5.74, 6) is 0. The number of benzene rings is 3. The summed E-state index contributed by atoms with van der Waals surface area (Å²) in [6.45, 7) is 1.53. The Labute approximate surface area is 195 Å². The number of hydrogen-bond donors (Lipinski definition) is 0. The van der Waals surface area contributed by atoms with Crippen molar-refractivity contribution >= 4 is 32.6 Å². The van der Waals surface area contributed by atoms with Gasteiger partial charge in [0, 0.05) is 56.7 Å². The standard InChI is InChI=1S/C25H29N3O4S/c1-26(2)23-13-6-12-22-21(23)11-7-14-24(22)33(30,31)28-16-8-15-27(17-18-28)25(29)32-19-20-9-4-3-5-10-20/h3-7,9-14H,8,15-19H2,1-2H3. The lowest BCUT2D eigenvalue weighted by atomic mass is 10.1. The summed E-state index contributed by atoms with van der Waals surface area (Å²) in [5, 5.41) is 1.59. The third-order valence-electron chi connectivity index (χ3n) is 5.88. The summed E-state index contributed by atoms with van der Waals surface area (Å²) >= 11 is 0. The predicted octanol–water partition coefficient (Wildman–Crippen LogP) is 3.94. The van der Waals surface area contributed by atoms with Crippen LogP contribution in [0.2, 0.25) is 0 Å². The van der Waals surface area contributed by atoms with Gasteiger partial charge in [0.05, 0.1) is 4.90 Å². The third kappa shape index (κ3) is 4.96. The van der Waals surface area contributed by atoms with Crippen LogP contribution in [0.1, 0.15) is 12.0 Å². The molecule has 8 heteroatoms. The van der Waals surface area contributed by atoms with Crippen molar-refractivity contribution in [1.29, 1.82) is 0 Å². The lowest BCUT2D eigenvalue weighted by molar-refractivity contribution is 0.0980. The fourth-order valence-electron chi connectivity index (χ4n) is 4.15. The van der Waals surface area contributed by atoms with Crippen molar-refractivity contribution < 1.29 is 17.9 Å². The summed E-state index contributed by atoms with van der Waals surface area (Å²) in [6.07, 6.45) is 0.131. The fourth-order valence-corrected chi connectivity index (χ4v) is 5.82. The van der Waals surface area contributed by atoms with Crippen LogP contribution >= 0.6 is 0 Å². The Morgan fingerprint density at radius 2 is 1.61 bits per heavy atom. The van der Waals surface area contributed by atoms with E-state index in [0.717, 1.165) is 16.6 Å². The van der Waals surface area contributed by atoms with Crippen LogP contribution in [-0.4, -0.2) is 64.0 Å². The Hall–Kier alpha value is -3.10. The van der Waals surface area contributed by atoms with Crippen LogP contribution in [0.15, 0.2) is 71.6 Å². The molecule has 1 saturated heterocycles. The monoisotopic (exact) mass is 467 g/mol. The molecule has 7 nitrogen and oxygen atoms in total. The number of nitrogens with zero attached hydrogens (tertiary/aromatic N) is 3. The Bertz CT molecular complexity index is 1230. The molecule has 1 aliphatic heterocycles. The average molecular weight is 468 g/mol. The second-order valence-electron chi connectivity index (χ2n) is 8.31. The highest BCUT2D eigenvalue weighted by Crippen LogP contribution is 2.32. The van der Waals surface area contributed by atoms with E-state index in [2.05, 4.69) is 0 Å². The van der Waals surface area contributed by atoms with Crippen molar-refractivity contribution in [3.63, 3.8) is 0 Å². The van der Waals surface area contributed by atoms with Crippen LogP contribution < -0.4 is 4.90 Å². The van der Waals surface area contributed by atoms with Gasteiger partial charge in [-0.1, -0.05) is 54.6 Å². The minimum Gasteiger partial charge on any atom is -0.445 e. The zero-order chi connectivity index (χ0) is 23.4. The van der Waals surface area contributed by atoms with E-state index < -0.39 is 16.1 Å². The molecule has 0 aromatic heterocycles. The maximum absolute atomic E-state index is 13.6. The van der Waals surface area contributed by atoms with E-state index in [1.165, 1.54) is 4.31 Å². The lowest BCUT2D eigenvalue weighted by Gasteiger charge is -2.23. The van der Waals surface area contributed by atoms with Gasteiger partial charge in [-0.15, -0.1) is 0 Å². The molecule has 3 aromatic rings. The van der Waals surface area contributed by atoms with Gasteiger partial charge in [0.2, 0.25) is 10.0 Å². The number of ether oxygens (including phenoxy) is 1. The molecule has 3 aromatic carbocycles. The van der Waals surface area contributed by atoms with E-state index in [-0.39, 0.29) is 13.2 Å². The summed E-state index contributed by atoms with van der Waals surface area (Å²) in [4.78, 5) is 16.4. The van der Waals surface area contributed by atoms with Crippen LogP contribution in [-0.2, 0) is 21.4 Å². The average Bonchev–Trinajstić information content (AvgIpc) is 3.09. The fraction of sp³-hybridized carbons (Fsp3) is 0.320. The van der Waals surface area contributed by atoms with Crippen molar-refractivity contribution in [2.75, 3.05) is 45.2 Å². The largest absolute Gasteiger partial charge is 0.445 e. The molecule has 174 valence electrons. The van der Waals surface area contributed by atoms with Crippen molar-refractivity contribution in [1.82, 2.24) is 9.21 Å². The van der Waals surface area contributed by atoms with Crippen LogP contribution in [0.3, 0.4) is 0 Å². The highest BCUT2D eigenvalue weighted by molar-refractivity contribution is 7.89. The Morgan fingerprint density at radius 3 is 2.36 bits per heavy atom. The first-order valence-corrected chi connectivity index (χ1v) is 12.5. The zero-order valence-electron chi connectivity index (χ0n) is 19.0. The van der Waals surface area contributed by atoms with Crippen LogP contribution in [0.5, 0.6) is 0 Å². The maximum atomic E-state index is 13.6. The Morgan fingerprint density at radius 1 is 0.879 bits per heavy atom. The number of anilines is 1. The van der Waals surface area contributed by atoms with Gasteiger partial charge < -0.3 is 14.5 Å². The SMILES string of the molecule is CN(C)c1cccc2c(S(=O)(=O)N3CCCN(C(=O)OCc4ccccc4)CC3)cccc12. The number of rotatable bonds is 5. The van der Waals surface area contributed by atoms with Gasteiger partial charge in [-0.3, -0.25) is 0 Å². The molecule has 0 unspecified atom stereocenters. The second kappa shape index (κ2) is 9.80. The zero-order valence-corrected chi connectivity index (χ0v) is 19.8. The number of hydrogen-bond acceptors (Lipinski definition) is 5. The molecule has 1 aliphatic rings. The summed E-state index contributed by atoms with van der Waals surface area (Å²) in [5.41, 5.74) is 1.88. The maximum Gasteiger partial charge on any atom is 0.410 e. The summed E-state index contributed by atoms with van der Waals surface area (Å²) in [6, 6.07) is 20.6. The molecule has 0 atom stereocenters. The minimum absolute atomic E-state index is 0.197. The Kier molecular flexibility index (Phi) is 6.85. The molecule has 1 amide bonds. The number of carbonyl (C=O) groups is 1.